The molecule has 0 unspecified atom stereocenters. The van der Waals surface area contributed by atoms with E-state index in [1.807, 2.05) is 45.0 Å². The Morgan fingerprint density at radius 3 is 2.65 bits per heavy atom. The highest BCUT2D eigenvalue weighted by Gasteiger charge is 2.21. The minimum absolute atomic E-state index is 0.183. The standard InChI is InChI=1S/C20H22N4O2/c1-4-10-21-19(25)17-16-7-5-6-11-24(16)18(23-17)20(26)22-15-9-8-13(2)12-14(15)3/h5-9,11-12H,4,10H2,1-3H3,(H,21,25)(H,22,26). The largest absolute Gasteiger partial charge is 0.351 e. The second-order valence-corrected chi connectivity index (χ2v) is 6.27. The van der Waals surface area contributed by atoms with Gasteiger partial charge in [0.1, 0.15) is 0 Å². The molecule has 0 aliphatic rings. The van der Waals surface area contributed by atoms with E-state index in [0.717, 1.165) is 23.2 Å². The lowest BCUT2D eigenvalue weighted by atomic mass is 10.1. The Balaban J connectivity index is 1.96. The van der Waals surface area contributed by atoms with E-state index >= 15 is 0 Å². The van der Waals surface area contributed by atoms with Crippen molar-refractivity contribution in [2.24, 2.45) is 0 Å². The Labute approximate surface area is 152 Å². The predicted octanol–water partition coefficient (Wildman–Crippen LogP) is 3.34. The third-order valence-corrected chi connectivity index (χ3v) is 4.13. The van der Waals surface area contributed by atoms with Gasteiger partial charge < -0.3 is 10.6 Å². The minimum atomic E-state index is -0.354. The Morgan fingerprint density at radius 1 is 1.12 bits per heavy atom. The van der Waals surface area contributed by atoms with Crippen molar-refractivity contribution in [2.45, 2.75) is 27.2 Å². The van der Waals surface area contributed by atoms with Crippen LogP contribution in [0.15, 0.2) is 42.6 Å². The molecule has 2 aromatic heterocycles. The van der Waals surface area contributed by atoms with Gasteiger partial charge in [0.05, 0.1) is 5.52 Å². The van der Waals surface area contributed by atoms with Crippen LogP contribution in [0.2, 0.25) is 0 Å². The van der Waals surface area contributed by atoms with Crippen LogP contribution in [0.5, 0.6) is 0 Å². The molecule has 0 aliphatic carbocycles. The predicted molar refractivity (Wildman–Crippen MR) is 102 cm³/mol. The molecule has 0 atom stereocenters. The van der Waals surface area contributed by atoms with Gasteiger partial charge in [0.2, 0.25) is 5.82 Å². The van der Waals surface area contributed by atoms with Crippen LogP contribution in [0.3, 0.4) is 0 Å². The van der Waals surface area contributed by atoms with E-state index in [2.05, 4.69) is 15.6 Å². The van der Waals surface area contributed by atoms with E-state index in [4.69, 9.17) is 0 Å². The lowest BCUT2D eigenvalue weighted by molar-refractivity contribution is 0.0951. The molecule has 0 saturated heterocycles. The average molecular weight is 350 g/mol. The number of nitrogens with one attached hydrogen (secondary N) is 2. The van der Waals surface area contributed by atoms with E-state index in [1.54, 1.807) is 22.7 Å². The molecule has 1 aromatic carbocycles. The molecule has 0 radical (unpaired) electrons. The number of fused-ring (bicyclic) bond motifs is 1. The first kappa shape index (κ1) is 17.7. The molecule has 2 N–H and O–H groups in total. The number of carbonyl (C=O) groups excluding carboxylic acids is 2. The summed E-state index contributed by atoms with van der Waals surface area (Å²) in [5.41, 5.74) is 3.68. The van der Waals surface area contributed by atoms with Crippen molar-refractivity contribution in [1.29, 1.82) is 0 Å². The van der Waals surface area contributed by atoms with Gasteiger partial charge >= 0.3 is 0 Å². The molecule has 6 nitrogen and oxygen atoms in total. The van der Waals surface area contributed by atoms with Crippen LogP contribution >= 0.6 is 0 Å². The summed E-state index contributed by atoms with van der Waals surface area (Å²) in [4.78, 5) is 29.5. The molecular formula is C20H22N4O2. The number of aryl methyl sites for hydroxylation is 2. The monoisotopic (exact) mass is 350 g/mol. The SMILES string of the molecule is CCCNC(=O)c1nc(C(=O)Nc2ccc(C)cc2C)n2ccccc12. The summed E-state index contributed by atoms with van der Waals surface area (Å²) in [5.74, 6) is -0.448. The van der Waals surface area contributed by atoms with Crippen molar-refractivity contribution in [3.8, 4) is 0 Å². The quantitative estimate of drug-likeness (QED) is 0.741. The van der Waals surface area contributed by atoms with Crippen molar-refractivity contribution in [2.75, 3.05) is 11.9 Å². The number of amides is 2. The highest BCUT2D eigenvalue weighted by Crippen LogP contribution is 2.19. The number of carbonyl (C=O) groups is 2. The lowest BCUT2D eigenvalue weighted by Crippen LogP contribution is -2.24. The van der Waals surface area contributed by atoms with Gasteiger partial charge in [0, 0.05) is 18.4 Å². The number of hydrogen-bond donors (Lipinski definition) is 2. The van der Waals surface area contributed by atoms with Gasteiger partial charge in [-0.2, -0.15) is 0 Å². The molecule has 6 heteroatoms. The molecule has 0 bridgehead atoms. The van der Waals surface area contributed by atoms with Crippen molar-refractivity contribution >= 4 is 23.0 Å². The highest BCUT2D eigenvalue weighted by atomic mass is 16.2. The smallest absolute Gasteiger partial charge is 0.292 e. The Kier molecular flexibility index (Phi) is 5.02. The van der Waals surface area contributed by atoms with Crippen molar-refractivity contribution in [3.63, 3.8) is 0 Å². The fourth-order valence-electron chi connectivity index (χ4n) is 2.82. The van der Waals surface area contributed by atoms with Crippen LogP contribution in [-0.4, -0.2) is 27.7 Å². The number of anilines is 1. The van der Waals surface area contributed by atoms with Crippen molar-refractivity contribution in [3.05, 3.63) is 65.2 Å². The van der Waals surface area contributed by atoms with Crippen LogP contribution in [0.1, 0.15) is 45.6 Å². The fourth-order valence-corrected chi connectivity index (χ4v) is 2.82. The number of hydrogen-bond acceptors (Lipinski definition) is 3. The van der Waals surface area contributed by atoms with Gasteiger partial charge in [-0.05, 0) is 44.0 Å². The van der Waals surface area contributed by atoms with Gasteiger partial charge in [-0.1, -0.05) is 30.7 Å². The molecule has 3 aromatic rings. The van der Waals surface area contributed by atoms with E-state index in [0.29, 0.717) is 12.1 Å². The van der Waals surface area contributed by atoms with Crippen LogP contribution in [0.25, 0.3) is 5.52 Å². The van der Waals surface area contributed by atoms with Crippen LogP contribution in [-0.2, 0) is 0 Å². The van der Waals surface area contributed by atoms with Gasteiger partial charge in [0.15, 0.2) is 5.69 Å². The molecule has 134 valence electrons. The maximum Gasteiger partial charge on any atom is 0.292 e. The van der Waals surface area contributed by atoms with E-state index < -0.39 is 0 Å². The molecule has 0 aliphatic heterocycles. The van der Waals surface area contributed by atoms with Crippen LogP contribution in [0.4, 0.5) is 5.69 Å². The fraction of sp³-hybridized carbons (Fsp3) is 0.250. The third-order valence-electron chi connectivity index (χ3n) is 4.13. The highest BCUT2D eigenvalue weighted by molar-refractivity contribution is 6.06. The molecule has 0 spiro atoms. The maximum absolute atomic E-state index is 12.8. The molecule has 0 fully saturated rings. The molecule has 3 rings (SSSR count). The van der Waals surface area contributed by atoms with Gasteiger partial charge in [0.25, 0.3) is 11.8 Å². The molecule has 2 amide bonds. The van der Waals surface area contributed by atoms with Gasteiger partial charge in [-0.15, -0.1) is 0 Å². The summed E-state index contributed by atoms with van der Waals surface area (Å²) < 4.78 is 1.64. The lowest BCUT2D eigenvalue weighted by Gasteiger charge is -2.08. The van der Waals surface area contributed by atoms with Crippen LogP contribution in [0, 0.1) is 13.8 Å². The average Bonchev–Trinajstić information content (AvgIpc) is 3.02. The second kappa shape index (κ2) is 7.39. The summed E-state index contributed by atoms with van der Waals surface area (Å²) in [7, 11) is 0. The first-order valence-corrected chi connectivity index (χ1v) is 8.65. The third kappa shape index (κ3) is 3.44. The van der Waals surface area contributed by atoms with E-state index in [1.165, 1.54) is 0 Å². The molecule has 2 heterocycles. The minimum Gasteiger partial charge on any atom is -0.351 e. The molecule has 0 saturated carbocycles. The Hall–Kier alpha value is -3.15. The van der Waals surface area contributed by atoms with Crippen LogP contribution < -0.4 is 10.6 Å². The number of benzene rings is 1. The van der Waals surface area contributed by atoms with E-state index in [9.17, 15) is 9.59 Å². The number of nitrogens with zero attached hydrogens (tertiary/aromatic N) is 2. The summed E-state index contributed by atoms with van der Waals surface area (Å²) >= 11 is 0. The zero-order valence-electron chi connectivity index (χ0n) is 15.2. The zero-order valence-corrected chi connectivity index (χ0v) is 15.2. The first-order valence-electron chi connectivity index (χ1n) is 8.65. The van der Waals surface area contributed by atoms with Crippen molar-refractivity contribution in [1.82, 2.24) is 14.7 Å². The van der Waals surface area contributed by atoms with Gasteiger partial charge in [-0.3, -0.25) is 14.0 Å². The number of aromatic nitrogens is 2. The zero-order chi connectivity index (χ0) is 18.7. The molecular weight excluding hydrogens is 328 g/mol. The topological polar surface area (TPSA) is 75.5 Å². The Morgan fingerprint density at radius 2 is 1.92 bits per heavy atom. The summed E-state index contributed by atoms with van der Waals surface area (Å²) in [6, 6.07) is 11.2. The van der Waals surface area contributed by atoms with E-state index in [-0.39, 0.29) is 23.3 Å². The summed E-state index contributed by atoms with van der Waals surface area (Å²) in [6.07, 6.45) is 2.56. The second-order valence-electron chi connectivity index (χ2n) is 6.27. The normalized spacial score (nSPS) is 10.7. The number of pyridine rings is 1. The molecule has 26 heavy (non-hydrogen) atoms. The summed E-state index contributed by atoms with van der Waals surface area (Å²) in [6.45, 7) is 6.49. The van der Waals surface area contributed by atoms with Gasteiger partial charge in [-0.25, -0.2) is 4.98 Å². The first-order chi connectivity index (χ1) is 12.5. The number of imidazole rings is 1. The number of rotatable bonds is 5. The Bertz CT molecular complexity index is 975. The summed E-state index contributed by atoms with van der Waals surface area (Å²) in [5, 5.41) is 5.70. The maximum atomic E-state index is 12.8. The van der Waals surface area contributed by atoms with Crippen molar-refractivity contribution < 1.29 is 9.59 Å².